The van der Waals surface area contributed by atoms with Crippen LogP contribution in [0, 0.1) is 11.8 Å². The Labute approximate surface area is 128 Å². The fourth-order valence-corrected chi connectivity index (χ4v) is 3.55. The highest BCUT2D eigenvalue weighted by atomic mass is 79.9. The smallest absolute Gasteiger partial charge is 0.143 e. The Morgan fingerprint density at radius 3 is 2.50 bits per heavy atom. The van der Waals surface area contributed by atoms with Gasteiger partial charge in [-0.2, -0.15) is 0 Å². The fourth-order valence-electron chi connectivity index (χ4n) is 2.96. The van der Waals surface area contributed by atoms with Crippen LogP contribution in [0.2, 0.25) is 0 Å². The van der Waals surface area contributed by atoms with Gasteiger partial charge in [0.05, 0.1) is 23.8 Å². The number of hydrogen-bond donors (Lipinski definition) is 0. The van der Waals surface area contributed by atoms with Gasteiger partial charge in [0.1, 0.15) is 11.5 Å². The topological polar surface area (TPSA) is 35.5 Å². The molecule has 4 heteroatoms. The number of hydrogen-bond acceptors (Lipinski definition) is 3. The molecule has 0 spiro atoms. The molecule has 20 heavy (non-hydrogen) atoms. The van der Waals surface area contributed by atoms with E-state index in [0.717, 1.165) is 15.8 Å². The van der Waals surface area contributed by atoms with Crippen LogP contribution in [0.25, 0.3) is 0 Å². The van der Waals surface area contributed by atoms with E-state index in [-0.39, 0.29) is 29.8 Å². The molecule has 4 unspecified atom stereocenters. The number of ether oxygens (including phenoxy) is 2. The summed E-state index contributed by atoms with van der Waals surface area (Å²) in [5.74, 6) is 1.30. The summed E-state index contributed by atoms with van der Waals surface area (Å²) in [5, 5.41) is 0. The van der Waals surface area contributed by atoms with Crippen molar-refractivity contribution in [3.63, 3.8) is 0 Å². The molecule has 1 fully saturated rings. The first-order valence-electron chi connectivity index (χ1n) is 6.94. The van der Waals surface area contributed by atoms with Gasteiger partial charge >= 0.3 is 0 Å². The monoisotopic (exact) mass is 340 g/mol. The van der Waals surface area contributed by atoms with Gasteiger partial charge in [-0.15, -0.1) is 0 Å². The van der Waals surface area contributed by atoms with Crippen LogP contribution in [-0.4, -0.2) is 25.1 Å². The van der Waals surface area contributed by atoms with Crippen LogP contribution in [0.5, 0.6) is 5.75 Å². The molecule has 0 aromatic heterocycles. The van der Waals surface area contributed by atoms with Crippen molar-refractivity contribution in [2.75, 3.05) is 7.11 Å². The van der Waals surface area contributed by atoms with Gasteiger partial charge in [0.2, 0.25) is 0 Å². The van der Waals surface area contributed by atoms with Crippen LogP contribution in [0.3, 0.4) is 0 Å². The molecule has 1 aromatic rings. The second-order valence-electron chi connectivity index (χ2n) is 5.54. The van der Waals surface area contributed by atoms with Crippen molar-refractivity contribution in [2.24, 2.45) is 11.8 Å². The summed E-state index contributed by atoms with van der Waals surface area (Å²) in [6.45, 7) is 6.13. The van der Waals surface area contributed by atoms with Crippen molar-refractivity contribution in [1.29, 1.82) is 0 Å². The molecule has 3 nitrogen and oxygen atoms in total. The van der Waals surface area contributed by atoms with E-state index >= 15 is 0 Å². The summed E-state index contributed by atoms with van der Waals surface area (Å²) >= 11 is 3.45. The molecule has 110 valence electrons. The molecule has 1 aromatic carbocycles. The van der Waals surface area contributed by atoms with E-state index in [9.17, 15) is 4.79 Å². The average molecular weight is 341 g/mol. The lowest BCUT2D eigenvalue weighted by atomic mass is 9.84. The molecule has 1 aliphatic rings. The second-order valence-corrected chi connectivity index (χ2v) is 6.40. The third kappa shape index (κ3) is 3.07. The van der Waals surface area contributed by atoms with E-state index in [0.29, 0.717) is 6.42 Å². The SMILES string of the molecule is COc1ccc(CC(=O)C2C(C)OC(C)C2C)cc1Br. The maximum absolute atomic E-state index is 12.5. The minimum Gasteiger partial charge on any atom is -0.496 e. The predicted molar refractivity (Wildman–Crippen MR) is 82.1 cm³/mol. The first kappa shape index (κ1) is 15.5. The number of Topliss-reactive ketones (excluding diaryl/α,β-unsaturated/α-hetero) is 1. The highest BCUT2D eigenvalue weighted by Crippen LogP contribution is 2.34. The number of benzene rings is 1. The third-order valence-corrected chi connectivity index (χ3v) is 4.83. The van der Waals surface area contributed by atoms with Gasteiger partial charge in [-0.05, 0) is 53.4 Å². The number of halogens is 1. The van der Waals surface area contributed by atoms with Crippen LogP contribution >= 0.6 is 15.9 Å². The Kier molecular flexibility index (Phi) is 4.86. The summed E-state index contributed by atoms with van der Waals surface area (Å²) < 4.78 is 11.8. The molecule has 4 atom stereocenters. The number of methoxy groups -OCH3 is 1. The Balaban J connectivity index is 2.10. The zero-order valence-corrected chi connectivity index (χ0v) is 13.9. The van der Waals surface area contributed by atoms with Crippen LogP contribution < -0.4 is 4.74 Å². The van der Waals surface area contributed by atoms with Crippen molar-refractivity contribution in [3.05, 3.63) is 28.2 Å². The van der Waals surface area contributed by atoms with E-state index in [1.165, 1.54) is 0 Å². The zero-order valence-electron chi connectivity index (χ0n) is 12.4. The summed E-state index contributed by atoms with van der Waals surface area (Å²) in [6.07, 6.45) is 0.605. The molecule has 0 aliphatic carbocycles. The summed E-state index contributed by atoms with van der Waals surface area (Å²) in [6, 6.07) is 5.77. The average Bonchev–Trinajstić information content (AvgIpc) is 2.63. The lowest BCUT2D eigenvalue weighted by Crippen LogP contribution is -2.28. The molecular weight excluding hydrogens is 320 g/mol. The van der Waals surface area contributed by atoms with Crippen molar-refractivity contribution in [2.45, 2.75) is 39.4 Å². The highest BCUT2D eigenvalue weighted by molar-refractivity contribution is 9.10. The summed E-state index contributed by atoms with van der Waals surface area (Å²) in [4.78, 5) is 12.5. The zero-order chi connectivity index (χ0) is 14.9. The molecule has 2 rings (SSSR count). The maximum Gasteiger partial charge on any atom is 0.143 e. The van der Waals surface area contributed by atoms with Gasteiger partial charge in [0.25, 0.3) is 0 Å². The molecule has 1 heterocycles. The lowest BCUT2D eigenvalue weighted by Gasteiger charge is -2.17. The molecule has 1 saturated heterocycles. The highest BCUT2D eigenvalue weighted by Gasteiger charge is 2.40. The quantitative estimate of drug-likeness (QED) is 0.839. The molecule has 0 saturated carbocycles. The van der Waals surface area contributed by atoms with E-state index < -0.39 is 0 Å². The molecule has 0 bridgehead atoms. The third-order valence-electron chi connectivity index (χ3n) is 4.21. The van der Waals surface area contributed by atoms with Crippen LogP contribution in [0.1, 0.15) is 26.3 Å². The van der Waals surface area contributed by atoms with Gasteiger partial charge in [-0.25, -0.2) is 0 Å². The second kappa shape index (κ2) is 6.27. The number of rotatable bonds is 4. The Morgan fingerprint density at radius 2 is 2.00 bits per heavy atom. The van der Waals surface area contributed by atoms with Gasteiger partial charge in [-0.1, -0.05) is 13.0 Å². The van der Waals surface area contributed by atoms with E-state index in [1.807, 2.05) is 32.0 Å². The van der Waals surface area contributed by atoms with Gasteiger partial charge < -0.3 is 9.47 Å². The molecule has 0 amide bonds. The number of carbonyl (C=O) groups is 1. The van der Waals surface area contributed by atoms with Gasteiger partial charge in [-0.3, -0.25) is 4.79 Å². The predicted octanol–water partition coefficient (Wildman–Crippen LogP) is 3.63. The summed E-state index contributed by atoms with van der Waals surface area (Å²) in [7, 11) is 1.63. The number of ketones is 1. The molecular formula is C16H21BrO3. The first-order chi connectivity index (χ1) is 9.43. The van der Waals surface area contributed by atoms with E-state index in [4.69, 9.17) is 9.47 Å². The van der Waals surface area contributed by atoms with Gasteiger partial charge in [0, 0.05) is 12.3 Å². The first-order valence-corrected chi connectivity index (χ1v) is 7.74. The lowest BCUT2D eigenvalue weighted by molar-refractivity contribution is -0.124. The van der Waals surface area contributed by atoms with Crippen molar-refractivity contribution < 1.29 is 14.3 Å². The Hall–Kier alpha value is -0.870. The fraction of sp³-hybridized carbons (Fsp3) is 0.562. The normalized spacial score (nSPS) is 29.4. The molecule has 1 aliphatic heterocycles. The van der Waals surface area contributed by atoms with Crippen LogP contribution in [-0.2, 0) is 16.0 Å². The molecule has 0 radical (unpaired) electrons. The standard InChI is InChI=1S/C16H21BrO3/c1-9-10(2)20-11(3)16(9)14(18)8-12-5-6-15(19-4)13(17)7-12/h5-7,9-11,16H,8H2,1-4H3. The summed E-state index contributed by atoms with van der Waals surface area (Å²) in [5.41, 5.74) is 1.00. The minimum absolute atomic E-state index is 0.00845. The van der Waals surface area contributed by atoms with Crippen molar-refractivity contribution in [3.8, 4) is 5.75 Å². The Bertz CT molecular complexity index is 500. The van der Waals surface area contributed by atoms with Crippen LogP contribution in [0.15, 0.2) is 22.7 Å². The van der Waals surface area contributed by atoms with E-state index in [1.54, 1.807) is 7.11 Å². The maximum atomic E-state index is 12.5. The Morgan fingerprint density at radius 1 is 1.30 bits per heavy atom. The van der Waals surface area contributed by atoms with Crippen molar-refractivity contribution >= 4 is 21.7 Å². The molecule has 0 N–H and O–H groups in total. The van der Waals surface area contributed by atoms with Crippen LogP contribution in [0.4, 0.5) is 0 Å². The largest absolute Gasteiger partial charge is 0.496 e. The van der Waals surface area contributed by atoms with Gasteiger partial charge in [0.15, 0.2) is 0 Å². The number of carbonyl (C=O) groups excluding carboxylic acids is 1. The van der Waals surface area contributed by atoms with E-state index in [2.05, 4.69) is 22.9 Å². The minimum atomic E-state index is -0.00845. The van der Waals surface area contributed by atoms with Crippen molar-refractivity contribution in [1.82, 2.24) is 0 Å².